The van der Waals surface area contributed by atoms with E-state index in [9.17, 15) is 14.0 Å². The Morgan fingerprint density at radius 1 is 1.11 bits per heavy atom. The molecule has 0 unspecified atom stereocenters. The van der Waals surface area contributed by atoms with Gasteiger partial charge in [-0.1, -0.05) is 18.6 Å². The Morgan fingerprint density at radius 3 is 2.50 bits per heavy atom. The van der Waals surface area contributed by atoms with E-state index < -0.39 is 11.5 Å². The van der Waals surface area contributed by atoms with Crippen LogP contribution in [0.5, 0.6) is 5.75 Å². The van der Waals surface area contributed by atoms with E-state index in [4.69, 9.17) is 4.74 Å². The van der Waals surface area contributed by atoms with Crippen LogP contribution in [0.4, 0.5) is 4.39 Å². The molecule has 1 aromatic heterocycles. The second-order valence-corrected chi connectivity index (χ2v) is 9.49. The van der Waals surface area contributed by atoms with E-state index in [-0.39, 0.29) is 30.1 Å². The number of nitrogens with one attached hydrogen (secondary N) is 1. The maximum Gasteiger partial charge on any atom is 0.351 e. The number of amides is 1. The lowest BCUT2D eigenvalue weighted by Gasteiger charge is -2.26. The maximum absolute atomic E-state index is 14.0. The molecule has 2 heterocycles. The van der Waals surface area contributed by atoms with Crippen LogP contribution in [0, 0.1) is 5.82 Å². The van der Waals surface area contributed by atoms with Crippen LogP contribution >= 0.6 is 0 Å². The Bertz CT molecular complexity index is 1240. The Kier molecular flexibility index (Phi) is 8.20. The largest absolute Gasteiger partial charge is 0.494 e. The van der Waals surface area contributed by atoms with E-state index in [0.717, 1.165) is 26.1 Å². The molecule has 3 aromatic rings. The van der Waals surface area contributed by atoms with Gasteiger partial charge in [0.15, 0.2) is 17.4 Å². The monoisotopic (exact) mass is 495 g/mol. The van der Waals surface area contributed by atoms with Crippen molar-refractivity contribution in [3.05, 3.63) is 64.3 Å². The van der Waals surface area contributed by atoms with Crippen molar-refractivity contribution in [2.45, 2.75) is 52.1 Å². The quantitative estimate of drug-likeness (QED) is 0.492. The number of halogens is 1. The third-order valence-electron chi connectivity index (χ3n) is 6.37. The van der Waals surface area contributed by atoms with E-state index in [1.165, 1.54) is 59.4 Å². The first-order chi connectivity index (χ1) is 17.4. The number of hydrogen-bond acceptors (Lipinski definition) is 5. The topological polar surface area (TPSA) is 81.4 Å². The number of ether oxygens (including phenoxy) is 1. The average molecular weight is 496 g/mol. The van der Waals surface area contributed by atoms with Gasteiger partial charge >= 0.3 is 5.69 Å². The standard InChI is InChI=1S/C27H34FN5O3/c1-19(2)29-25(34)18-32-26(21-9-12-23(28)24(17-21)36-3)30-33(27(32)35)22-10-7-20(8-11-22)13-16-31-14-5-4-6-15-31/h7-12,17,19H,4-6,13-16,18H2,1-3H3,(H,29,34). The zero-order valence-electron chi connectivity index (χ0n) is 21.2. The smallest absolute Gasteiger partial charge is 0.351 e. The summed E-state index contributed by atoms with van der Waals surface area (Å²) in [4.78, 5) is 28.4. The summed E-state index contributed by atoms with van der Waals surface area (Å²) >= 11 is 0. The molecule has 8 nitrogen and oxygen atoms in total. The summed E-state index contributed by atoms with van der Waals surface area (Å²) in [5, 5.41) is 7.34. The molecule has 1 fully saturated rings. The van der Waals surface area contributed by atoms with Crippen LogP contribution in [0.25, 0.3) is 17.1 Å². The fraction of sp³-hybridized carbons (Fsp3) is 0.444. The predicted octanol–water partition coefficient (Wildman–Crippen LogP) is 3.40. The number of aromatic nitrogens is 3. The Morgan fingerprint density at radius 2 is 1.83 bits per heavy atom. The highest BCUT2D eigenvalue weighted by Gasteiger charge is 2.20. The molecular formula is C27H34FN5O3. The second kappa shape index (κ2) is 11.5. The highest BCUT2D eigenvalue weighted by atomic mass is 19.1. The van der Waals surface area contributed by atoms with Crippen molar-refractivity contribution in [1.29, 1.82) is 0 Å². The van der Waals surface area contributed by atoms with Crippen molar-refractivity contribution < 1.29 is 13.9 Å². The van der Waals surface area contributed by atoms with E-state index in [0.29, 0.717) is 11.3 Å². The summed E-state index contributed by atoms with van der Waals surface area (Å²) in [7, 11) is 1.37. The highest BCUT2D eigenvalue weighted by molar-refractivity contribution is 5.76. The van der Waals surface area contributed by atoms with Gasteiger partial charge in [-0.25, -0.2) is 9.18 Å². The molecule has 192 valence electrons. The van der Waals surface area contributed by atoms with Crippen molar-refractivity contribution in [3.8, 4) is 22.8 Å². The van der Waals surface area contributed by atoms with Gasteiger partial charge in [0, 0.05) is 18.2 Å². The number of nitrogens with zero attached hydrogens (tertiary/aromatic N) is 4. The van der Waals surface area contributed by atoms with Crippen molar-refractivity contribution in [3.63, 3.8) is 0 Å². The van der Waals surface area contributed by atoms with Crippen LogP contribution in [-0.4, -0.2) is 57.9 Å². The predicted molar refractivity (Wildman–Crippen MR) is 137 cm³/mol. The molecule has 0 aliphatic carbocycles. The first-order valence-corrected chi connectivity index (χ1v) is 12.5. The minimum atomic E-state index is -0.521. The fourth-order valence-corrected chi connectivity index (χ4v) is 4.50. The van der Waals surface area contributed by atoms with Crippen molar-refractivity contribution >= 4 is 5.91 Å². The number of carbonyl (C=O) groups excluding carboxylic acids is 1. The van der Waals surface area contributed by atoms with E-state index in [2.05, 4.69) is 15.3 Å². The molecule has 0 spiro atoms. The van der Waals surface area contributed by atoms with Gasteiger partial charge in [0.25, 0.3) is 0 Å². The summed E-state index contributed by atoms with van der Waals surface area (Å²) in [5.74, 6) is -0.542. The van der Waals surface area contributed by atoms with Gasteiger partial charge in [-0.3, -0.25) is 9.36 Å². The van der Waals surface area contributed by atoms with Gasteiger partial charge in [0.05, 0.1) is 12.8 Å². The molecule has 0 atom stereocenters. The SMILES string of the molecule is COc1cc(-c2nn(-c3ccc(CCN4CCCCC4)cc3)c(=O)n2CC(=O)NC(C)C)ccc1F. The van der Waals surface area contributed by atoms with Gasteiger partial charge in [0.2, 0.25) is 5.91 Å². The van der Waals surface area contributed by atoms with E-state index in [1.807, 2.05) is 38.1 Å². The lowest BCUT2D eigenvalue weighted by molar-refractivity contribution is -0.122. The van der Waals surface area contributed by atoms with Crippen LogP contribution in [-0.2, 0) is 17.8 Å². The third-order valence-corrected chi connectivity index (χ3v) is 6.37. The highest BCUT2D eigenvalue weighted by Crippen LogP contribution is 2.25. The second-order valence-electron chi connectivity index (χ2n) is 9.49. The van der Waals surface area contributed by atoms with Gasteiger partial charge in [-0.05, 0) is 82.1 Å². The molecule has 1 aliphatic heterocycles. The van der Waals surface area contributed by atoms with Crippen molar-refractivity contribution in [2.75, 3.05) is 26.7 Å². The molecule has 4 rings (SSSR count). The molecule has 1 saturated heterocycles. The normalized spacial score (nSPS) is 14.2. The van der Waals surface area contributed by atoms with Gasteiger partial charge < -0.3 is 15.0 Å². The number of benzene rings is 2. The van der Waals surface area contributed by atoms with Crippen LogP contribution in [0.15, 0.2) is 47.3 Å². The third kappa shape index (κ3) is 6.02. The minimum Gasteiger partial charge on any atom is -0.494 e. The molecule has 1 N–H and O–H groups in total. The van der Waals surface area contributed by atoms with Crippen molar-refractivity contribution in [2.24, 2.45) is 0 Å². The molecular weight excluding hydrogens is 461 g/mol. The summed E-state index contributed by atoms with van der Waals surface area (Å²) in [6.45, 7) is 6.83. The average Bonchev–Trinajstić information content (AvgIpc) is 3.19. The Hall–Kier alpha value is -3.46. The number of carbonyl (C=O) groups is 1. The molecule has 2 aromatic carbocycles. The molecule has 1 amide bonds. The van der Waals surface area contributed by atoms with Gasteiger partial charge in [-0.15, -0.1) is 5.10 Å². The van der Waals surface area contributed by atoms with E-state index in [1.54, 1.807) is 0 Å². The molecule has 0 radical (unpaired) electrons. The minimum absolute atomic E-state index is 0.0331. The number of piperidine rings is 1. The lowest BCUT2D eigenvalue weighted by Crippen LogP contribution is -2.36. The first kappa shape index (κ1) is 25.6. The van der Waals surface area contributed by atoms with Crippen LogP contribution in [0.2, 0.25) is 0 Å². The summed E-state index contributed by atoms with van der Waals surface area (Å²) in [6, 6.07) is 11.9. The van der Waals surface area contributed by atoms with Gasteiger partial charge in [0.1, 0.15) is 6.54 Å². The number of rotatable bonds is 9. The van der Waals surface area contributed by atoms with E-state index >= 15 is 0 Å². The Balaban J connectivity index is 1.63. The van der Waals surface area contributed by atoms with Crippen molar-refractivity contribution in [1.82, 2.24) is 24.6 Å². The lowest BCUT2D eigenvalue weighted by atomic mass is 10.1. The fourth-order valence-electron chi connectivity index (χ4n) is 4.50. The summed E-state index contributed by atoms with van der Waals surface area (Å²) in [5.41, 5.74) is 1.81. The zero-order valence-corrected chi connectivity index (χ0v) is 21.2. The summed E-state index contributed by atoms with van der Waals surface area (Å²) < 4.78 is 21.7. The van der Waals surface area contributed by atoms with Crippen LogP contribution in [0.1, 0.15) is 38.7 Å². The molecule has 0 saturated carbocycles. The molecule has 1 aliphatic rings. The number of likely N-dealkylation sites (tertiary alicyclic amines) is 1. The Labute approximate surface area is 210 Å². The molecule has 9 heteroatoms. The van der Waals surface area contributed by atoms with Gasteiger partial charge in [-0.2, -0.15) is 4.68 Å². The summed E-state index contributed by atoms with van der Waals surface area (Å²) in [6.07, 6.45) is 4.79. The van der Waals surface area contributed by atoms with Crippen LogP contribution < -0.4 is 15.7 Å². The maximum atomic E-state index is 14.0. The van der Waals surface area contributed by atoms with Crippen LogP contribution in [0.3, 0.4) is 0 Å². The molecule has 36 heavy (non-hydrogen) atoms. The molecule has 0 bridgehead atoms. The first-order valence-electron chi connectivity index (χ1n) is 12.5. The number of hydrogen-bond donors (Lipinski definition) is 1. The zero-order chi connectivity index (χ0) is 25.7. The number of methoxy groups -OCH3 is 1.